The lowest BCUT2D eigenvalue weighted by Crippen LogP contribution is -2.23. The van der Waals surface area contributed by atoms with E-state index in [-0.39, 0.29) is 17.5 Å². The number of carbonyl (C=O) groups is 2. The van der Waals surface area contributed by atoms with Gasteiger partial charge in [0.2, 0.25) is 0 Å². The fraction of sp³-hybridized carbons (Fsp3) is 0.103. The number of para-hydroxylation sites is 2. The first-order valence-electron chi connectivity index (χ1n) is 12.0. The highest BCUT2D eigenvalue weighted by atomic mass is 16.2. The Kier molecular flexibility index (Phi) is 6.73. The number of hydrogen-bond acceptors (Lipinski definition) is 5. The zero-order valence-corrected chi connectivity index (χ0v) is 20.7. The molecule has 0 saturated carbocycles. The Morgan fingerprint density at radius 1 is 0.868 bits per heavy atom. The summed E-state index contributed by atoms with van der Waals surface area (Å²) in [5.41, 5.74) is 11.0. The number of fused-ring (bicyclic) bond motifs is 1. The monoisotopic (exact) mass is 506 g/mol. The number of imidazole rings is 1. The second-order valence-electron chi connectivity index (χ2n) is 8.91. The lowest BCUT2D eigenvalue weighted by atomic mass is 10.1. The molecule has 0 radical (unpaired) electrons. The molecule has 0 saturated heterocycles. The molecule has 5 aromatic rings. The number of anilines is 2. The summed E-state index contributed by atoms with van der Waals surface area (Å²) in [6.45, 7) is 0.637. The van der Waals surface area contributed by atoms with E-state index in [1.807, 2.05) is 30.3 Å². The molecule has 0 unspecified atom stereocenters. The molecule has 3 aromatic carbocycles. The highest BCUT2D eigenvalue weighted by molar-refractivity contribution is 6.05. The van der Waals surface area contributed by atoms with Crippen molar-refractivity contribution in [1.29, 1.82) is 0 Å². The average Bonchev–Trinajstić information content (AvgIpc) is 3.18. The summed E-state index contributed by atoms with van der Waals surface area (Å²) in [5.74, 6) is -0.488. The molecule has 190 valence electrons. The molecule has 9 nitrogen and oxygen atoms in total. The number of nitrogens with one attached hydrogen (secondary N) is 2. The minimum absolute atomic E-state index is 0.155. The Labute approximate surface area is 218 Å². The van der Waals surface area contributed by atoms with Crippen LogP contribution < -0.4 is 22.1 Å². The van der Waals surface area contributed by atoms with E-state index in [1.165, 1.54) is 6.20 Å². The first-order valence-corrected chi connectivity index (χ1v) is 12.0. The summed E-state index contributed by atoms with van der Waals surface area (Å²) in [6.07, 6.45) is 3.13. The quantitative estimate of drug-likeness (QED) is 0.291. The minimum atomic E-state index is -0.269. The van der Waals surface area contributed by atoms with E-state index < -0.39 is 0 Å². The van der Waals surface area contributed by atoms with Crippen molar-refractivity contribution in [2.45, 2.75) is 13.1 Å². The summed E-state index contributed by atoms with van der Waals surface area (Å²) in [6, 6.07) is 23.3. The Morgan fingerprint density at radius 2 is 1.63 bits per heavy atom. The smallest absolute Gasteiger partial charge is 0.329 e. The van der Waals surface area contributed by atoms with Crippen LogP contribution in [0.3, 0.4) is 0 Å². The molecule has 0 bridgehead atoms. The Bertz CT molecular complexity index is 1690. The second kappa shape index (κ2) is 10.4. The number of nitrogens with zero attached hydrogens (tertiary/aromatic N) is 3. The number of nitrogen functional groups attached to an aromatic ring is 1. The van der Waals surface area contributed by atoms with Gasteiger partial charge in [0.25, 0.3) is 11.8 Å². The predicted octanol–water partition coefficient (Wildman–Crippen LogP) is 3.55. The van der Waals surface area contributed by atoms with Crippen molar-refractivity contribution in [3.8, 4) is 0 Å². The van der Waals surface area contributed by atoms with Gasteiger partial charge in [-0.2, -0.15) is 0 Å². The van der Waals surface area contributed by atoms with Crippen molar-refractivity contribution in [3.63, 3.8) is 0 Å². The normalized spacial score (nSPS) is 10.9. The van der Waals surface area contributed by atoms with Crippen molar-refractivity contribution in [2.75, 3.05) is 11.1 Å². The van der Waals surface area contributed by atoms with Gasteiger partial charge in [0, 0.05) is 31.5 Å². The molecule has 2 aromatic heterocycles. The summed E-state index contributed by atoms with van der Waals surface area (Å²) in [7, 11) is 1.73. The highest BCUT2D eigenvalue weighted by Gasteiger charge is 2.14. The zero-order chi connectivity index (χ0) is 26.6. The zero-order valence-electron chi connectivity index (χ0n) is 20.7. The standard InChI is InChI=1S/C29H26N6O3/c1-34-25-13-10-20(16-32-27(36)22-5-4-14-31-17-22)15-26(25)35(29(34)38)18-19-8-11-21(12-9-19)28(37)33-24-7-3-2-6-23(24)30/h2-15,17H,16,18,30H2,1H3,(H,32,36)(H,33,37). The molecule has 0 atom stereocenters. The van der Waals surface area contributed by atoms with E-state index in [1.54, 1.807) is 70.9 Å². The van der Waals surface area contributed by atoms with Crippen LogP contribution >= 0.6 is 0 Å². The Balaban J connectivity index is 1.33. The molecule has 2 amide bonds. The number of aromatic nitrogens is 3. The molecule has 0 aliphatic carbocycles. The largest absolute Gasteiger partial charge is 0.397 e. The van der Waals surface area contributed by atoms with E-state index >= 15 is 0 Å². The van der Waals surface area contributed by atoms with Crippen LogP contribution in [0, 0.1) is 0 Å². The number of benzene rings is 3. The van der Waals surface area contributed by atoms with E-state index in [0.29, 0.717) is 35.6 Å². The summed E-state index contributed by atoms with van der Waals surface area (Å²) in [5, 5.41) is 5.70. The number of carbonyl (C=O) groups excluding carboxylic acids is 2. The van der Waals surface area contributed by atoms with Crippen molar-refractivity contribution in [1.82, 2.24) is 19.4 Å². The van der Waals surface area contributed by atoms with Gasteiger partial charge in [-0.3, -0.25) is 23.7 Å². The van der Waals surface area contributed by atoms with Gasteiger partial charge in [0.05, 0.1) is 34.5 Å². The average molecular weight is 507 g/mol. The Hall–Kier alpha value is -5.18. The van der Waals surface area contributed by atoms with Crippen molar-refractivity contribution in [2.24, 2.45) is 7.05 Å². The number of pyridine rings is 1. The Morgan fingerprint density at radius 3 is 2.37 bits per heavy atom. The van der Waals surface area contributed by atoms with E-state index in [0.717, 1.165) is 22.2 Å². The van der Waals surface area contributed by atoms with Crippen LogP contribution in [0.25, 0.3) is 11.0 Å². The molecule has 2 heterocycles. The number of rotatable bonds is 7. The van der Waals surface area contributed by atoms with Gasteiger partial charge in [-0.25, -0.2) is 4.79 Å². The first-order chi connectivity index (χ1) is 18.4. The van der Waals surface area contributed by atoms with Crippen LogP contribution in [0.5, 0.6) is 0 Å². The van der Waals surface area contributed by atoms with Crippen molar-refractivity contribution < 1.29 is 9.59 Å². The summed E-state index contributed by atoms with van der Waals surface area (Å²) >= 11 is 0. The molecular formula is C29H26N6O3. The maximum atomic E-state index is 13.0. The van der Waals surface area contributed by atoms with Gasteiger partial charge in [-0.1, -0.05) is 30.3 Å². The number of aryl methyl sites for hydroxylation is 1. The van der Waals surface area contributed by atoms with E-state index in [4.69, 9.17) is 5.73 Å². The molecular weight excluding hydrogens is 480 g/mol. The van der Waals surface area contributed by atoms with Crippen LogP contribution in [0.15, 0.2) is 96.1 Å². The van der Waals surface area contributed by atoms with E-state index in [2.05, 4.69) is 15.6 Å². The third-order valence-corrected chi connectivity index (χ3v) is 6.35. The lowest BCUT2D eigenvalue weighted by Gasteiger charge is -2.09. The highest BCUT2D eigenvalue weighted by Crippen LogP contribution is 2.19. The molecule has 0 aliphatic rings. The molecule has 0 aliphatic heterocycles. The molecule has 5 rings (SSSR count). The number of nitrogens with two attached hydrogens (primary N) is 1. The van der Waals surface area contributed by atoms with Crippen LogP contribution in [-0.2, 0) is 20.1 Å². The number of amides is 2. The van der Waals surface area contributed by atoms with Gasteiger partial charge >= 0.3 is 5.69 Å². The fourth-order valence-corrected chi connectivity index (χ4v) is 4.25. The molecule has 0 fully saturated rings. The van der Waals surface area contributed by atoms with E-state index in [9.17, 15) is 14.4 Å². The van der Waals surface area contributed by atoms with Crippen molar-refractivity contribution in [3.05, 3.63) is 124 Å². The number of hydrogen-bond donors (Lipinski definition) is 3. The second-order valence-corrected chi connectivity index (χ2v) is 8.91. The van der Waals surface area contributed by atoms with Gasteiger partial charge in [-0.15, -0.1) is 0 Å². The topological polar surface area (TPSA) is 124 Å². The lowest BCUT2D eigenvalue weighted by molar-refractivity contribution is 0.0949. The first kappa shape index (κ1) is 24.5. The van der Waals surface area contributed by atoms with Crippen LogP contribution in [0.2, 0.25) is 0 Å². The van der Waals surface area contributed by atoms with Gasteiger partial charge in [-0.05, 0) is 59.7 Å². The summed E-state index contributed by atoms with van der Waals surface area (Å²) < 4.78 is 3.28. The van der Waals surface area contributed by atoms with Gasteiger partial charge in [0.15, 0.2) is 0 Å². The summed E-state index contributed by atoms with van der Waals surface area (Å²) in [4.78, 5) is 42.1. The van der Waals surface area contributed by atoms with Crippen molar-refractivity contribution >= 4 is 34.2 Å². The molecule has 9 heteroatoms. The molecule has 0 spiro atoms. The maximum Gasteiger partial charge on any atom is 0.329 e. The maximum absolute atomic E-state index is 13.0. The molecule has 4 N–H and O–H groups in total. The fourth-order valence-electron chi connectivity index (χ4n) is 4.25. The third-order valence-electron chi connectivity index (χ3n) is 6.35. The molecule has 38 heavy (non-hydrogen) atoms. The SMILES string of the molecule is Cn1c(=O)n(Cc2ccc(C(=O)Nc3ccccc3N)cc2)c2cc(CNC(=O)c3cccnc3)ccc21. The third kappa shape index (κ3) is 5.03. The predicted molar refractivity (Wildman–Crippen MR) is 147 cm³/mol. The van der Waals surface area contributed by atoms with Crippen LogP contribution in [-0.4, -0.2) is 25.9 Å². The van der Waals surface area contributed by atoms with Crippen LogP contribution in [0.4, 0.5) is 11.4 Å². The minimum Gasteiger partial charge on any atom is -0.397 e. The van der Waals surface area contributed by atoms with Gasteiger partial charge < -0.3 is 16.4 Å². The van der Waals surface area contributed by atoms with Gasteiger partial charge in [0.1, 0.15) is 0 Å². The van der Waals surface area contributed by atoms with Crippen LogP contribution in [0.1, 0.15) is 31.8 Å².